The standard InChI is InChI=1S/C7H4ClNO3/c8-6-3-1-5(2-4-6)7(10)12-9-11/h1-4H. The Labute approximate surface area is 73.0 Å². The van der Waals surface area contributed by atoms with Gasteiger partial charge in [-0.2, -0.15) is 0 Å². The van der Waals surface area contributed by atoms with Gasteiger partial charge in [0.15, 0.2) is 5.34 Å². The molecule has 0 radical (unpaired) electrons. The largest absolute Gasteiger partial charge is 0.369 e. The maximum Gasteiger partial charge on any atom is 0.369 e. The van der Waals surface area contributed by atoms with E-state index in [1.165, 1.54) is 24.3 Å². The van der Waals surface area contributed by atoms with E-state index in [9.17, 15) is 9.70 Å². The summed E-state index contributed by atoms with van der Waals surface area (Å²) in [5, 5.41) is 2.51. The van der Waals surface area contributed by atoms with Crippen LogP contribution in [0.25, 0.3) is 0 Å². The molecular weight excluding hydrogens is 182 g/mol. The second-order valence-electron chi connectivity index (χ2n) is 1.96. The lowest BCUT2D eigenvalue weighted by molar-refractivity contribution is 0.0508. The molecule has 0 N–H and O–H groups in total. The Hall–Kier alpha value is -1.42. The zero-order valence-corrected chi connectivity index (χ0v) is 6.62. The molecular formula is C7H4ClNO3. The lowest BCUT2D eigenvalue weighted by Gasteiger charge is -1.94. The molecule has 0 saturated heterocycles. The van der Waals surface area contributed by atoms with Gasteiger partial charge in [0, 0.05) is 5.02 Å². The first-order valence-electron chi connectivity index (χ1n) is 3.03. The zero-order valence-electron chi connectivity index (χ0n) is 5.86. The topological polar surface area (TPSA) is 55.7 Å². The van der Waals surface area contributed by atoms with Crippen LogP contribution in [0.4, 0.5) is 0 Å². The Morgan fingerprint density at radius 3 is 2.42 bits per heavy atom. The van der Waals surface area contributed by atoms with Crippen LogP contribution in [0.3, 0.4) is 0 Å². The highest BCUT2D eigenvalue weighted by atomic mass is 35.5. The summed E-state index contributed by atoms with van der Waals surface area (Å²) in [6.45, 7) is 0. The van der Waals surface area contributed by atoms with Gasteiger partial charge in [-0.1, -0.05) is 11.6 Å². The third-order valence-corrected chi connectivity index (χ3v) is 1.45. The molecule has 0 heterocycles. The molecule has 0 aliphatic carbocycles. The van der Waals surface area contributed by atoms with E-state index in [4.69, 9.17) is 11.6 Å². The van der Waals surface area contributed by atoms with Crippen molar-refractivity contribution in [3.05, 3.63) is 39.8 Å². The van der Waals surface area contributed by atoms with Crippen LogP contribution in [-0.4, -0.2) is 5.97 Å². The van der Waals surface area contributed by atoms with Crippen LogP contribution in [0, 0.1) is 4.91 Å². The summed E-state index contributed by atoms with van der Waals surface area (Å²) in [5.74, 6) is -0.790. The molecule has 1 aromatic carbocycles. The van der Waals surface area contributed by atoms with Gasteiger partial charge in [-0.3, -0.25) is 4.84 Å². The number of carbonyl (C=O) groups excluding carboxylic acids is 1. The Balaban J connectivity index is 2.82. The van der Waals surface area contributed by atoms with Crippen LogP contribution in [-0.2, 0) is 4.84 Å². The molecule has 0 atom stereocenters. The Morgan fingerprint density at radius 1 is 1.33 bits per heavy atom. The van der Waals surface area contributed by atoms with Crippen molar-refractivity contribution in [2.24, 2.45) is 5.34 Å². The first-order valence-corrected chi connectivity index (χ1v) is 3.41. The summed E-state index contributed by atoms with van der Waals surface area (Å²) in [7, 11) is 0. The fraction of sp³-hybridized carbons (Fsp3) is 0. The van der Waals surface area contributed by atoms with Crippen molar-refractivity contribution in [1.29, 1.82) is 0 Å². The quantitative estimate of drug-likeness (QED) is 0.524. The van der Waals surface area contributed by atoms with Crippen LogP contribution >= 0.6 is 11.6 Å². The molecule has 0 amide bonds. The van der Waals surface area contributed by atoms with Gasteiger partial charge in [-0.15, -0.1) is 4.91 Å². The van der Waals surface area contributed by atoms with E-state index >= 15 is 0 Å². The number of rotatable bonds is 2. The smallest absolute Gasteiger partial charge is 0.279 e. The van der Waals surface area contributed by atoms with Gasteiger partial charge in [0.25, 0.3) is 0 Å². The number of nitrogens with zero attached hydrogens (tertiary/aromatic N) is 1. The predicted octanol–water partition coefficient (Wildman–Crippen LogP) is 2.18. The van der Waals surface area contributed by atoms with Gasteiger partial charge in [-0.25, -0.2) is 4.79 Å². The van der Waals surface area contributed by atoms with Gasteiger partial charge in [0.05, 0.1) is 5.56 Å². The minimum absolute atomic E-state index is 0.235. The van der Waals surface area contributed by atoms with Gasteiger partial charge in [0.1, 0.15) is 0 Å². The fourth-order valence-corrected chi connectivity index (χ4v) is 0.799. The number of halogens is 1. The van der Waals surface area contributed by atoms with Gasteiger partial charge >= 0.3 is 5.97 Å². The number of carbonyl (C=O) groups is 1. The predicted molar refractivity (Wildman–Crippen MR) is 42.7 cm³/mol. The summed E-state index contributed by atoms with van der Waals surface area (Å²) in [6.07, 6.45) is 0. The van der Waals surface area contributed by atoms with Gasteiger partial charge < -0.3 is 0 Å². The highest BCUT2D eigenvalue weighted by Gasteiger charge is 2.06. The molecule has 62 valence electrons. The SMILES string of the molecule is O=NOC(=O)c1ccc(Cl)cc1. The lowest BCUT2D eigenvalue weighted by atomic mass is 10.2. The van der Waals surface area contributed by atoms with Crippen molar-refractivity contribution in [2.45, 2.75) is 0 Å². The molecule has 5 heteroatoms. The fourth-order valence-electron chi connectivity index (χ4n) is 0.673. The molecule has 0 bridgehead atoms. The van der Waals surface area contributed by atoms with Crippen molar-refractivity contribution in [2.75, 3.05) is 0 Å². The van der Waals surface area contributed by atoms with E-state index in [2.05, 4.69) is 4.84 Å². The highest BCUT2D eigenvalue weighted by molar-refractivity contribution is 6.30. The monoisotopic (exact) mass is 185 g/mol. The molecule has 0 aliphatic rings. The summed E-state index contributed by atoms with van der Waals surface area (Å²) in [4.78, 5) is 24.2. The molecule has 1 aromatic rings. The second-order valence-corrected chi connectivity index (χ2v) is 2.40. The maximum atomic E-state index is 10.8. The van der Waals surface area contributed by atoms with E-state index in [1.54, 1.807) is 0 Å². The maximum absolute atomic E-state index is 10.8. The molecule has 0 fully saturated rings. The van der Waals surface area contributed by atoms with Crippen LogP contribution < -0.4 is 0 Å². The Kier molecular flexibility index (Phi) is 2.76. The van der Waals surface area contributed by atoms with E-state index in [1.807, 2.05) is 5.34 Å². The highest BCUT2D eigenvalue weighted by Crippen LogP contribution is 2.10. The van der Waals surface area contributed by atoms with E-state index < -0.39 is 5.97 Å². The molecule has 0 saturated carbocycles. The summed E-state index contributed by atoms with van der Waals surface area (Å²) in [6, 6.07) is 5.91. The molecule has 4 nitrogen and oxygen atoms in total. The molecule has 1 rings (SSSR count). The summed E-state index contributed by atoms with van der Waals surface area (Å²) >= 11 is 5.56. The molecule has 0 aromatic heterocycles. The second kappa shape index (κ2) is 3.82. The average Bonchev–Trinajstić information content (AvgIpc) is 2.06. The number of hydrogen-bond donors (Lipinski definition) is 0. The first kappa shape index (κ1) is 8.67. The minimum Gasteiger partial charge on any atom is -0.279 e. The molecule has 0 unspecified atom stereocenters. The van der Waals surface area contributed by atoms with Crippen molar-refractivity contribution in [3.63, 3.8) is 0 Å². The third kappa shape index (κ3) is 2.03. The molecule has 0 spiro atoms. The molecule has 12 heavy (non-hydrogen) atoms. The van der Waals surface area contributed by atoms with Crippen LogP contribution in [0.15, 0.2) is 29.6 Å². The van der Waals surface area contributed by atoms with Crippen molar-refractivity contribution in [3.8, 4) is 0 Å². The van der Waals surface area contributed by atoms with E-state index in [-0.39, 0.29) is 5.56 Å². The van der Waals surface area contributed by atoms with Gasteiger partial charge in [0.2, 0.25) is 0 Å². The third-order valence-electron chi connectivity index (χ3n) is 1.20. The van der Waals surface area contributed by atoms with Crippen molar-refractivity contribution < 1.29 is 9.63 Å². The minimum atomic E-state index is -0.790. The average molecular weight is 186 g/mol. The summed E-state index contributed by atoms with van der Waals surface area (Å²) < 4.78 is 0. The van der Waals surface area contributed by atoms with Crippen LogP contribution in [0.5, 0.6) is 0 Å². The Bertz CT molecular complexity index is 296. The van der Waals surface area contributed by atoms with Crippen LogP contribution in [0.2, 0.25) is 5.02 Å². The number of benzene rings is 1. The Morgan fingerprint density at radius 2 is 1.92 bits per heavy atom. The summed E-state index contributed by atoms with van der Waals surface area (Å²) in [5.41, 5.74) is 0.235. The first-order chi connectivity index (χ1) is 5.74. The number of hydrogen-bond acceptors (Lipinski definition) is 4. The zero-order chi connectivity index (χ0) is 8.97. The van der Waals surface area contributed by atoms with Crippen LogP contribution in [0.1, 0.15) is 10.4 Å². The van der Waals surface area contributed by atoms with E-state index in [0.29, 0.717) is 5.02 Å². The normalized spacial score (nSPS) is 9.08. The lowest BCUT2D eigenvalue weighted by Crippen LogP contribution is -1.98. The molecule has 0 aliphatic heterocycles. The van der Waals surface area contributed by atoms with Crippen molar-refractivity contribution >= 4 is 17.6 Å². The van der Waals surface area contributed by atoms with Crippen molar-refractivity contribution in [1.82, 2.24) is 0 Å². The van der Waals surface area contributed by atoms with E-state index in [0.717, 1.165) is 0 Å². The van der Waals surface area contributed by atoms with Gasteiger partial charge in [-0.05, 0) is 24.3 Å².